The average Bonchev–Trinajstić information content (AvgIpc) is 3.11. The zero-order valence-corrected chi connectivity index (χ0v) is 14.2. The van der Waals surface area contributed by atoms with Crippen LogP contribution in [0.15, 0.2) is 51.7 Å². The molecule has 0 spiro atoms. The van der Waals surface area contributed by atoms with E-state index in [1.54, 1.807) is 35.2 Å². The van der Waals surface area contributed by atoms with Gasteiger partial charge in [-0.25, -0.2) is 4.79 Å². The van der Waals surface area contributed by atoms with Gasteiger partial charge in [0.15, 0.2) is 0 Å². The lowest BCUT2D eigenvalue weighted by atomic mass is 10.1. The first kappa shape index (κ1) is 16.3. The summed E-state index contributed by atoms with van der Waals surface area (Å²) in [6, 6.07) is 12.3. The first-order chi connectivity index (χ1) is 12.6. The van der Waals surface area contributed by atoms with E-state index < -0.39 is 5.63 Å². The summed E-state index contributed by atoms with van der Waals surface area (Å²) in [5.41, 5.74) is 0.695. The highest BCUT2D eigenvalue weighted by molar-refractivity contribution is 5.96. The van der Waals surface area contributed by atoms with E-state index >= 15 is 0 Å². The molecule has 0 bridgehead atoms. The molecule has 7 heteroatoms. The van der Waals surface area contributed by atoms with Crippen LogP contribution >= 0.6 is 0 Å². The van der Waals surface area contributed by atoms with Gasteiger partial charge in [-0.05, 0) is 25.1 Å². The zero-order valence-electron chi connectivity index (χ0n) is 14.2. The van der Waals surface area contributed by atoms with Crippen LogP contribution in [0.25, 0.3) is 11.0 Å². The summed E-state index contributed by atoms with van der Waals surface area (Å²) in [4.78, 5) is 26.5. The van der Waals surface area contributed by atoms with Crippen molar-refractivity contribution < 1.29 is 13.9 Å². The van der Waals surface area contributed by atoms with Crippen molar-refractivity contribution in [2.45, 2.75) is 19.4 Å². The highest BCUT2D eigenvalue weighted by atomic mass is 16.5. The normalized spacial score (nSPS) is 16.8. The summed E-state index contributed by atoms with van der Waals surface area (Å²) < 4.78 is 11.0. The highest BCUT2D eigenvalue weighted by Gasteiger charge is 2.30. The lowest BCUT2D eigenvalue weighted by molar-refractivity contribution is 0.0767. The standard InChI is InChI=1S/C19H17N3O4/c1-12-6-7-17(21-20-12)25-14-8-9-22(11-14)18(23)15-10-13-4-2-3-5-16(13)26-19(15)24/h2-7,10,14H,8-9,11H2,1H3. The summed E-state index contributed by atoms with van der Waals surface area (Å²) in [7, 11) is 0. The largest absolute Gasteiger partial charge is 0.471 e. The fourth-order valence-corrected chi connectivity index (χ4v) is 3.01. The van der Waals surface area contributed by atoms with Crippen LogP contribution in [-0.4, -0.2) is 40.2 Å². The summed E-state index contributed by atoms with van der Waals surface area (Å²) in [5.74, 6) is 0.0886. The number of fused-ring (bicyclic) bond motifs is 1. The topological polar surface area (TPSA) is 85.5 Å². The van der Waals surface area contributed by atoms with Crippen molar-refractivity contribution in [1.29, 1.82) is 0 Å². The fraction of sp³-hybridized carbons (Fsp3) is 0.263. The molecule has 132 valence electrons. The van der Waals surface area contributed by atoms with E-state index in [9.17, 15) is 9.59 Å². The van der Waals surface area contributed by atoms with Gasteiger partial charge in [-0.1, -0.05) is 18.2 Å². The molecule has 4 rings (SSSR count). The van der Waals surface area contributed by atoms with Gasteiger partial charge in [0.25, 0.3) is 5.91 Å². The van der Waals surface area contributed by atoms with Gasteiger partial charge in [0.1, 0.15) is 17.3 Å². The number of aryl methyl sites for hydroxylation is 1. The van der Waals surface area contributed by atoms with Gasteiger partial charge in [-0.3, -0.25) is 4.79 Å². The smallest absolute Gasteiger partial charge is 0.349 e. The van der Waals surface area contributed by atoms with Crippen LogP contribution in [0.2, 0.25) is 0 Å². The molecule has 1 unspecified atom stereocenters. The minimum absolute atomic E-state index is 0.0412. The number of nitrogens with zero attached hydrogens (tertiary/aromatic N) is 3. The Labute approximate surface area is 149 Å². The Balaban J connectivity index is 1.50. The van der Waals surface area contributed by atoms with Crippen LogP contribution in [0.3, 0.4) is 0 Å². The molecule has 1 aliphatic rings. The second-order valence-corrected chi connectivity index (χ2v) is 6.28. The maximum absolute atomic E-state index is 12.7. The molecule has 3 heterocycles. The van der Waals surface area contributed by atoms with Gasteiger partial charge in [-0.15, -0.1) is 5.10 Å². The Hall–Kier alpha value is -3.22. The molecule has 1 saturated heterocycles. The molecule has 0 saturated carbocycles. The molecule has 3 aromatic rings. The molecule has 1 fully saturated rings. The van der Waals surface area contributed by atoms with Crippen molar-refractivity contribution in [3.05, 3.63) is 64.1 Å². The predicted molar refractivity (Wildman–Crippen MR) is 94.2 cm³/mol. The van der Waals surface area contributed by atoms with Crippen molar-refractivity contribution >= 4 is 16.9 Å². The van der Waals surface area contributed by atoms with Crippen LogP contribution in [0.4, 0.5) is 0 Å². The average molecular weight is 351 g/mol. The molecule has 1 amide bonds. The minimum atomic E-state index is -0.623. The Kier molecular flexibility index (Phi) is 4.12. The molecule has 0 aliphatic carbocycles. The number of carbonyl (C=O) groups is 1. The molecule has 1 aromatic carbocycles. The number of ether oxygens (including phenoxy) is 1. The Bertz CT molecular complexity index is 1010. The molecular formula is C19H17N3O4. The van der Waals surface area contributed by atoms with Crippen molar-refractivity contribution in [1.82, 2.24) is 15.1 Å². The van der Waals surface area contributed by atoms with Gasteiger partial charge in [0, 0.05) is 24.4 Å². The van der Waals surface area contributed by atoms with Crippen LogP contribution < -0.4 is 10.4 Å². The summed E-state index contributed by atoms with van der Waals surface area (Å²) in [6.45, 7) is 2.75. The van der Waals surface area contributed by atoms with Crippen molar-refractivity contribution in [3.63, 3.8) is 0 Å². The van der Waals surface area contributed by atoms with E-state index in [0.29, 0.717) is 31.0 Å². The lowest BCUT2D eigenvalue weighted by Gasteiger charge is -2.16. The third-order valence-corrected chi connectivity index (χ3v) is 4.36. The van der Waals surface area contributed by atoms with Gasteiger partial charge in [0.05, 0.1) is 12.2 Å². The summed E-state index contributed by atoms with van der Waals surface area (Å²) in [6.07, 6.45) is 0.490. The number of hydrogen-bond donors (Lipinski definition) is 0. The highest BCUT2D eigenvalue weighted by Crippen LogP contribution is 2.19. The summed E-state index contributed by atoms with van der Waals surface area (Å²) >= 11 is 0. The predicted octanol–water partition coefficient (Wildman–Crippen LogP) is 2.18. The van der Waals surface area contributed by atoms with Gasteiger partial charge in [0.2, 0.25) is 5.88 Å². The van der Waals surface area contributed by atoms with Crippen molar-refractivity contribution in [2.24, 2.45) is 0 Å². The number of para-hydroxylation sites is 1. The Morgan fingerprint density at radius 3 is 2.88 bits per heavy atom. The molecule has 2 aromatic heterocycles. The second-order valence-electron chi connectivity index (χ2n) is 6.28. The number of hydrogen-bond acceptors (Lipinski definition) is 6. The molecular weight excluding hydrogens is 334 g/mol. The van der Waals surface area contributed by atoms with Gasteiger partial charge >= 0.3 is 5.63 Å². The van der Waals surface area contributed by atoms with Crippen molar-refractivity contribution in [3.8, 4) is 5.88 Å². The number of likely N-dealkylation sites (tertiary alicyclic amines) is 1. The third-order valence-electron chi connectivity index (χ3n) is 4.36. The van der Waals surface area contributed by atoms with Crippen LogP contribution in [0.1, 0.15) is 22.5 Å². The van der Waals surface area contributed by atoms with E-state index in [1.807, 2.05) is 19.1 Å². The number of aromatic nitrogens is 2. The molecule has 0 N–H and O–H groups in total. The maximum Gasteiger partial charge on any atom is 0.349 e. The molecule has 1 atom stereocenters. The summed E-state index contributed by atoms with van der Waals surface area (Å²) in [5, 5.41) is 8.65. The van der Waals surface area contributed by atoms with E-state index in [2.05, 4.69) is 10.2 Å². The number of carbonyl (C=O) groups excluding carboxylic acids is 1. The van der Waals surface area contributed by atoms with E-state index in [-0.39, 0.29) is 17.6 Å². The van der Waals surface area contributed by atoms with E-state index in [1.165, 1.54) is 0 Å². The van der Waals surface area contributed by atoms with Crippen LogP contribution in [-0.2, 0) is 0 Å². The number of amides is 1. The minimum Gasteiger partial charge on any atom is -0.471 e. The number of benzene rings is 1. The van der Waals surface area contributed by atoms with Gasteiger partial charge in [-0.2, -0.15) is 5.10 Å². The zero-order chi connectivity index (χ0) is 18.1. The first-order valence-electron chi connectivity index (χ1n) is 8.39. The quantitative estimate of drug-likeness (QED) is 0.673. The molecule has 26 heavy (non-hydrogen) atoms. The van der Waals surface area contributed by atoms with E-state index in [4.69, 9.17) is 9.15 Å². The third kappa shape index (κ3) is 3.15. The number of rotatable bonds is 3. The van der Waals surface area contributed by atoms with Crippen LogP contribution in [0, 0.1) is 6.92 Å². The molecule has 7 nitrogen and oxygen atoms in total. The van der Waals surface area contributed by atoms with Gasteiger partial charge < -0.3 is 14.1 Å². The first-order valence-corrected chi connectivity index (χ1v) is 8.39. The molecule has 1 aliphatic heterocycles. The SMILES string of the molecule is Cc1ccc(OC2CCN(C(=O)c3cc4ccccc4oc3=O)C2)nn1. The lowest BCUT2D eigenvalue weighted by Crippen LogP contribution is -2.33. The second kappa shape index (κ2) is 6.59. The maximum atomic E-state index is 12.7. The monoisotopic (exact) mass is 351 g/mol. The van der Waals surface area contributed by atoms with Crippen LogP contribution in [0.5, 0.6) is 5.88 Å². The molecule has 0 radical (unpaired) electrons. The Morgan fingerprint density at radius 2 is 2.08 bits per heavy atom. The van der Waals surface area contributed by atoms with Crippen molar-refractivity contribution in [2.75, 3.05) is 13.1 Å². The fourth-order valence-electron chi connectivity index (χ4n) is 3.01. The Morgan fingerprint density at radius 1 is 1.23 bits per heavy atom. The van der Waals surface area contributed by atoms with E-state index in [0.717, 1.165) is 11.1 Å².